The minimum Gasteiger partial charge on any atom is -0.490 e. The van der Waals surface area contributed by atoms with Crippen LogP contribution in [0.2, 0.25) is 0 Å². The van der Waals surface area contributed by atoms with E-state index >= 15 is 0 Å². The van der Waals surface area contributed by atoms with Gasteiger partial charge in [0, 0.05) is 4.47 Å². The van der Waals surface area contributed by atoms with Crippen molar-refractivity contribution in [1.82, 2.24) is 10.2 Å². The molecule has 130 valence electrons. The second-order valence-electron chi connectivity index (χ2n) is 4.84. The molecule has 0 spiro atoms. The van der Waals surface area contributed by atoms with Crippen LogP contribution >= 0.6 is 27.3 Å². The van der Waals surface area contributed by atoms with Crippen molar-refractivity contribution in [2.45, 2.75) is 33.6 Å². The smallest absolute Gasteiger partial charge is 0.230 e. The first-order chi connectivity index (χ1) is 11.6. The second-order valence-corrected chi connectivity index (χ2v) is 6.75. The van der Waals surface area contributed by atoms with Crippen LogP contribution in [0, 0.1) is 0 Å². The maximum Gasteiger partial charge on any atom is 0.230 e. The number of carbonyl (C=O) groups excluding carboxylic acids is 1. The van der Waals surface area contributed by atoms with Gasteiger partial charge in [-0.1, -0.05) is 34.2 Å². The third-order valence-corrected chi connectivity index (χ3v) is 4.80. The normalized spacial score (nSPS) is 10.5. The molecule has 1 aromatic carbocycles. The highest BCUT2D eigenvalue weighted by Gasteiger charge is 2.14. The number of benzene rings is 1. The van der Waals surface area contributed by atoms with Crippen LogP contribution in [0.4, 0.5) is 5.13 Å². The molecule has 24 heavy (non-hydrogen) atoms. The van der Waals surface area contributed by atoms with Crippen molar-refractivity contribution in [2.24, 2.45) is 0 Å². The van der Waals surface area contributed by atoms with Crippen LogP contribution < -0.4 is 14.8 Å². The maximum atomic E-state index is 12.2. The van der Waals surface area contributed by atoms with Gasteiger partial charge in [-0.3, -0.25) is 4.79 Å². The number of aromatic nitrogens is 2. The number of aryl methyl sites for hydroxylation is 1. The van der Waals surface area contributed by atoms with E-state index in [4.69, 9.17) is 9.47 Å². The van der Waals surface area contributed by atoms with E-state index in [9.17, 15) is 4.79 Å². The van der Waals surface area contributed by atoms with Gasteiger partial charge in [0.15, 0.2) is 11.5 Å². The highest BCUT2D eigenvalue weighted by Crippen LogP contribution is 2.34. The average Bonchev–Trinajstić information content (AvgIpc) is 2.99. The predicted octanol–water partition coefficient (Wildman–Crippen LogP) is 3.84. The molecule has 0 radical (unpaired) electrons. The van der Waals surface area contributed by atoms with Gasteiger partial charge < -0.3 is 14.8 Å². The van der Waals surface area contributed by atoms with Crippen molar-refractivity contribution in [1.29, 1.82) is 0 Å². The summed E-state index contributed by atoms with van der Waals surface area (Å²) in [5.41, 5.74) is 0.819. The summed E-state index contributed by atoms with van der Waals surface area (Å²) in [5.74, 6) is 1.14. The van der Waals surface area contributed by atoms with Gasteiger partial charge in [-0.15, -0.1) is 10.2 Å². The van der Waals surface area contributed by atoms with Gasteiger partial charge in [-0.2, -0.15) is 0 Å². The van der Waals surface area contributed by atoms with E-state index in [1.54, 1.807) is 0 Å². The zero-order chi connectivity index (χ0) is 17.5. The molecule has 0 fully saturated rings. The Morgan fingerprint density at radius 1 is 1.17 bits per heavy atom. The number of rotatable bonds is 8. The van der Waals surface area contributed by atoms with E-state index in [0.29, 0.717) is 29.8 Å². The molecule has 1 aromatic heterocycles. The summed E-state index contributed by atoms with van der Waals surface area (Å²) in [7, 11) is 0. The molecule has 2 rings (SSSR count). The van der Waals surface area contributed by atoms with Crippen LogP contribution in [-0.4, -0.2) is 29.3 Å². The Labute approximate surface area is 153 Å². The van der Waals surface area contributed by atoms with Crippen molar-refractivity contribution < 1.29 is 14.3 Å². The van der Waals surface area contributed by atoms with Crippen molar-refractivity contribution in [2.75, 3.05) is 18.5 Å². The van der Waals surface area contributed by atoms with E-state index in [1.807, 2.05) is 32.9 Å². The number of hydrogen-bond acceptors (Lipinski definition) is 6. The van der Waals surface area contributed by atoms with Crippen molar-refractivity contribution in [3.8, 4) is 11.5 Å². The Morgan fingerprint density at radius 3 is 2.42 bits per heavy atom. The summed E-state index contributed by atoms with van der Waals surface area (Å²) in [5, 5.41) is 12.1. The first-order valence-electron chi connectivity index (χ1n) is 7.77. The number of nitrogens with one attached hydrogen (secondary N) is 1. The first-order valence-corrected chi connectivity index (χ1v) is 9.38. The molecule has 0 saturated carbocycles. The molecule has 0 unspecified atom stereocenters. The summed E-state index contributed by atoms with van der Waals surface area (Å²) in [4.78, 5) is 12.2. The number of amides is 1. The van der Waals surface area contributed by atoms with E-state index in [1.165, 1.54) is 11.3 Å². The number of anilines is 1. The lowest BCUT2D eigenvalue weighted by atomic mass is 10.1. The Morgan fingerprint density at radius 2 is 1.83 bits per heavy atom. The molecule has 1 amide bonds. The predicted molar refractivity (Wildman–Crippen MR) is 98.1 cm³/mol. The summed E-state index contributed by atoms with van der Waals surface area (Å²) >= 11 is 4.88. The van der Waals surface area contributed by atoms with Crippen molar-refractivity contribution in [3.63, 3.8) is 0 Å². The van der Waals surface area contributed by atoms with Crippen LogP contribution in [-0.2, 0) is 17.6 Å². The minimum atomic E-state index is -0.152. The van der Waals surface area contributed by atoms with Gasteiger partial charge in [0.05, 0.1) is 19.6 Å². The zero-order valence-corrected chi connectivity index (χ0v) is 16.3. The quantitative estimate of drug-likeness (QED) is 0.711. The lowest BCUT2D eigenvalue weighted by Crippen LogP contribution is -2.14. The molecule has 2 aromatic rings. The minimum absolute atomic E-state index is 0.152. The van der Waals surface area contributed by atoms with E-state index < -0.39 is 0 Å². The van der Waals surface area contributed by atoms with E-state index in [2.05, 4.69) is 31.4 Å². The largest absolute Gasteiger partial charge is 0.490 e. The molecule has 0 aliphatic rings. The van der Waals surface area contributed by atoms with Crippen LogP contribution in [0.1, 0.15) is 31.3 Å². The van der Waals surface area contributed by atoms with Crippen LogP contribution in [0.15, 0.2) is 16.6 Å². The molecule has 0 atom stereocenters. The fourth-order valence-electron chi connectivity index (χ4n) is 2.03. The third kappa shape index (κ3) is 4.91. The number of ether oxygens (including phenoxy) is 2. The topological polar surface area (TPSA) is 73.3 Å². The van der Waals surface area contributed by atoms with E-state index in [-0.39, 0.29) is 12.3 Å². The van der Waals surface area contributed by atoms with Crippen LogP contribution in [0.25, 0.3) is 0 Å². The summed E-state index contributed by atoms with van der Waals surface area (Å²) < 4.78 is 12.0. The SMILES string of the molecule is CCOc1cc(Br)c(CC(=O)Nc2nnc(CC)s2)cc1OCC. The molecule has 1 heterocycles. The fraction of sp³-hybridized carbons (Fsp3) is 0.438. The number of hydrogen-bond donors (Lipinski definition) is 1. The van der Waals surface area contributed by atoms with E-state index in [0.717, 1.165) is 21.5 Å². The molecular formula is C16H20BrN3O3S. The maximum absolute atomic E-state index is 12.2. The second kappa shape index (κ2) is 8.98. The van der Waals surface area contributed by atoms with Crippen molar-refractivity contribution >= 4 is 38.3 Å². The van der Waals surface area contributed by atoms with Gasteiger partial charge in [-0.25, -0.2) is 0 Å². The van der Waals surface area contributed by atoms with Crippen LogP contribution in [0.3, 0.4) is 0 Å². The number of carbonyl (C=O) groups is 1. The average molecular weight is 414 g/mol. The first kappa shape index (κ1) is 18.7. The van der Waals surface area contributed by atoms with Gasteiger partial charge in [0.2, 0.25) is 11.0 Å². The van der Waals surface area contributed by atoms with Crippen molar-refractivity contribution in [3.05, 3.63) is 27.2 Å². The zero-order valence-electron chi connectivity index (χ0n) is 13.9. The molecule has 6 nitrogen and oxygen atoms in total. The Kier molecular flexibility index (Phi) is 6.99. The fourth-order valence-corrected chi connectivity index (χ4v) is 3.19. The lowest BCUT2D eigenvalue weighted by molar-refractivity contribution is -0.115. The number of nitrogens with zero attached hydrogens (tertiary/aromatic N) is 2. The van der Waals surface area contributed by atoms with Gasteiger partial charge >= 0.3 is 0 Å². The molecule has 0 aliphatic heterocycles. The Hall–Kier alpha value is -1.67. The Bertz CT molecular complexity index is 706. The standard InChI is InChI=1S/C16H20BrN3O3S/c1-4-15-19-20-16(24-15)18-14(21)8-10-7-12(22-5-2)13(23-6-3)9-11(10)17/h7,9H,4-6,8H2,1-3H3,(H,18,20,21). The Balaban J connectivity index is 2.12. The lowest BCUT2D eigenvalue weighted by Gasteiger charge is -2.14. The summed E-state index contributed by atoms with van der Waals surface area (Å²) in [6.45, 7) is 6.89. The monoisotopic (exact) mass is 413 g/mol. The molecule has 0 aliphatic carbocycles. The molecule has 1 N–H and O–H groups in total. The highest BCUT2D eigenvalue weighted by atomic mass is 79.9. The van der Waals surface area contributed by atoms with Crippen LogP contribution in [0.5, 0.6) is 11.5 Å². The highest BCUT2D eigenvalue weighted by molar-refractivity contribution is 9.10. The van der Waals surface area contributed by atoms with Gasteiger partial charge in [0.25, 0.3) is 0 Å². The molecule has 8 heteroatoms. The summed E-state index contributed by atoms with van der Waals surface area (Å²) in [6, 6.07) is 3.66. The molecule has 0 bridgehead atoms. The van der Waals surface area contributed by atoms with Gasteiger partial charge in [-0.05, 0) is 38.0 Å². The third-order valence-electron chi connectivity index (χ3n) is 3.08. The summed E-state index contributed by atoms with van der Waals surface area (Å²) in [6.07, 6.45) is 1.00. The molecular weight excluding hydrogens is 394 g/mol. The van der Waals surface area contributed by atoms with Gasteiger partial charge in [0.1, 0.15) is 5.01 Å². The number of halogens is 1. The molecule has 0 saturated heterocycles.